The van der Waals surface area contributed by atoms with Crippen molar-refractivity contribution < 1.29 is 18.4 Å². The van der Waals surface area contributed by atoms with Crippen molar-refractivity contribution in [1.29, 1.82) is 0 Å². The van der Waals surface area contributed by atoms with Crippen molar-refractivity contribution in [3.05, 3.63) is 81.9 Å². The molecule has 4 rings (SSSR count). The Hall–Kier alpha value is -3.05. The maximum Gasteiger partial charge on any atom is 0.312 e. The summed E-state index contributed by atoms with van der Waals surface area (Å²) in [6.07, 6.45) is 4.71. The molecular formula is C20H14FIN4O3. The maximum atomic E-state index is 14.3. The molecule has 1 aromatic carbocycles. The van der Waals surface area contributed by atoms with Gasteiger partial charge in [0.05, 0.1) is 16.8 Å². The number of carbonyl (C=O) groups is 1. The number of nitrogens with one attached hydrogen (secondary N) is 2. The first-order chi connectivity index (χ1) is 14.1. The molecule has 4 aromatic rings. The van der Waals surface area contributed by atoms with E-state index in [1.807, 2.05) is 28.7 Å². The first-order valence-electron chi connectivity index (χ1n) is 8.52. The molecule has 0 unspecified atom stereocenters. The van der Waals surface area contributed by atoms with Crippen LogP contribution in [-0.4, -0.2) is 15.9 Å². The average Bonchev–Trinajstić information content (AvgIpc) is 3.09. The molecule has 0 aliphatic rings. The number of fused-ring (bicyclic) bond motifs is 1. The normalized spacial score (nSPS) is 10.8. The lowest BCUT2D eigenvalue weighted by Crippen LogP contribution is -2.24. The number of aromatic nitrogens is 2. The number of hydroxylamine groups is 1. The van der Waals surface area contributed by atoms with Gasteiger partial charge in [0, 0.05) is 22.2 Å². The lowest BCUT2D eigenvalue weighted by atomic mass is 10.2. The molecular weight excluding hydrogens is 490 g/mol. The highest BCUT2D eigenvalue weighted by Gasteiger charge is 2.22. The van der Waals surface area contributed by atoms with Gasteiger partial charge < -0.3 is 9.73 Å². The summed E-state index contributed by atoms with van der Waals surface area (Å²) in [5.74, 6) is -1.12. The molecule has 0 saturated carbocycles. The van der Waals surface area contributed by atoms with E-state index < -0.39 is 11.7 Å². The summed E-state index contributed by atoms with van der Waals surface area (Å²) in [5.41, 5.74) is 3.92. The lowest BCUT2D eigenvalue weighted by molar-refractivity contribution is 0.0203. The standard InChI is InChI=1S/C20H14FIN4O3/c21-15-9-12(22)4-5-16(15)25-18-14-10-23-8-6-17(14)29-19(18)20(27)26-28-11-13-3-1-2-7-24-13/h1-10,25H,11H2,(H,26,27). The Morgan fingerprint density at radius 3 is 2.90 bits per heavy atom. The highest BCUT2D eigenvalue weighted by Crippen LogP contribution is 2.33. The van der Waals surface area contributed by atoms with Crippen molar-refractivity contribution in [2.45, 2.75) is 6.61 Å². The predicted molar refractivity (Wildman–Crippen MR) is 113 cm³/mol. The summed E-state index contributed by atoms with van der Waals surface area (Å²) in [5, 5.41) is 3.48. The number of carbonyl (C=O) groups excluding carboxylic acids is 1. The SMILES string of the molecule is O=C(NOCc1ccccn1)c1oc2ccncc2c1Nc1ccc(I)cc1F. The summed E-state index contributed by atoms with van der Waals surface area (Å²) in [7, 11) is 0. The Morgan fingerprint density at radius 1 is 1.21 bits per heavy atom. The van der Waals surface area contributed by atoms with Crippen LogP contribution in [0.3, 0.4) is 0 Å². The zero-order chi connectivity index (χ0) is 20.2. The third-order valence-corrected chi connectivity index (χ3v) is 4.67. The van der Waals surface area contributed by atoms with Gasteiger partial charge in [-0.25, -0.2) is 9.87 Å². The van der Waals surface area contributed by atoms with Crippen LogP contribution >= 0.6 is 22.6 Å². The zero-order valence-corrected chi connectivity index (χ0v) is 17.0. The largest absolute Gasteiger partial charge is 0.448 e. The summed E-state index contributed by atoms with van der Waals surface area (Å²) in [6.45, 7) is 0.0862. The zero-order valence-electron chi connectivity index (χ0n) is 14.9. The number of hydrogen-bond acceptors (Lipinski definition) is 6. The van der Waals surface area contributed by atoms with E-state index in [0.717, 1.165) is 3.57 Å². The van der Waals surface area contributed by atoms with Gasteiger partial charge in [0.25, 0.3) is 0 Å². The summed E-state index contributed by atoms with van der Waals surface area (Å²) in [4.78, 5) is 26.1. The Morgan fingerprint density at radius 2 is 2.10 bits per heavy atom. The van der Waals surface area contributed by atoms with E-state index in [0.29, 0.717) is 22.4 Å². The molecule has 3 aromatic heterocycles. The molecule has 3 heterocycles. The Bertz CT molecular complexity index is 1170. The predicted octanol–water partition coefficient (Wildman–Crippen LogP) is 4.57. The fourth-order valence-electron chi connectivity index (χ4n) is 2.66. The number of rotatable bonds is 6. The van der Waals surface area contributed by atoms with Gasteiger partial charge in [-0.05, 0) is 59.0 Å². The van der Waals surface area contributed by atoms with Gasteiger partial charge in [0.2, 0.25) is 5.76 Å². The molecule has 0 saturated heterocycles. The monoisotopic (exact) mass is 504 g/mol. The van der Waals surface area contributed by atoms with Crippen LogP contribution in [-0.2, 0) is 11.4 Å². The van der Waals surface area contributed by atoms with Gasteiger partial charge in [-0.15, -0.1) is 0 Å². The van der Waals surface area contributed by atoms with Crippen LogP contribution in [0.5, 0.6) is 0 Å². The Balaban J connectivity index is 1.59. The van der Waals surface area contributed by atoms with Crippen LogP contribution in [0.2, 0.25) is 0 Å². The third kappa shape index (κ3) is 4.35. The molecule has 0 aliphatic heterocycles. The highest BCUT2D eigenvalue weighted by molar-refractivity contribution is 14.1. The van der Waals surface area contributed by atoms with Crippen LogP contribution in [0.25, 0.3) is 11.0 Å². The van der Waals surface area contributed by atoms with Gasteiger partial charge in [0.15, 0.2) is 0 Å². The van der Waals surface area contributed by atoms with E-state index in [1.165, 1.54) is 12.3 Å². The van der Waals surface area contributed by atoms with Crippen LogP contribution in [0, 0.1) is 9.39 Å². The average molecular weight is 504 g/mol. The lowest BCUT2D eigenvalue weighted by Gasteiger charge is -2.09. The smallest absolute Gasteiger partial charge is 0.312 e. The van der Waals surface area contributed by atoms with Gasteiger partial charge >= 0.3 is 5.91 Å². The van der Waals surface area contributed by atoms with Crippen molar-refractivity contribution in [3.63, 3.8) is 0 Å². The van der Waals surface area contributed by atoms with Crippen LogP contribution in [0.4, 0.5) is 15.8 Å². The van der Waals surface area contributed by atoms with Crippen molar-refractivity contribution in [2.75, 3.05) is 5.32 Å². The topological polar surface area (TPSA) is 89.3 Å². The second-order valence-electron chi connectivity index (χ2n) is 5.97. The molecule has 0 spiro atoms. The van der Waals surface area contributed by atoms with E-state index in [4.69, 9.17) is 9.25 Å². The number of benzene rings is 1. The molecule has 0 radical (unpaired) electrons. The fraction of sp³-hybridized carbons (Fsp3) is 0.0500. The molecule has 0 atom stereocenters. The summed E-state index contributed by atoms with van der Waals surface area (Å²) in [6, 6.07) is 11.7. The van der Waals surface area contributed by atoms with E-state index in [2.05, 4.69) is 20.8 Å². The van der Waals surface area contributed by atoms with Gasteiger partial charge in [-0.3, -0.25) is 19.6 Å². The second-order valence-corrected chi connectivity index (χ2v) is 7.21. The molecule has 9 heteroatoms. The van der Waals surface area contributed by atoms with Gasteiger partial charge in [-0.2, -0.15) is 0 Å². The van der Waals surface area contributed by atoms with E-state index in [9.17, 15) is 9.18 Å². The number of halogens is 2. The molecule has 0 fully saturated rings. The Labute approximate surface area is 178 Å². The van der Waals surface area contributed by atoms with Crippen molar-refractivity contribution in [2.24, 2.45) is 0 Å². The van der Waals surface area contributed by atoms with Crippen molar-refractivity contribution >= 4 is 50.8 Å². The maximum absolute atomic E-state index is 14.3. The first kappa shape index (κ1) is 19.3. The van der Waals surface area contributed by atoms with Gasteiger partial charge in [0.1, 0.15) is 23.7 Å². The summed E-state index contributed by atoms with van der Waals surface area (Å²) < 4.78 is 20.7. The second kappa shape index (κ2) is 8.53. The molecule has 2 N–H and O–H groups in total. The number of nitrogens with zero attached hydrogens (tertiary/aromatic N) is 2. The molecule has 0 aliphatic carbocycles. The molecule has 29 heavy (non-hydrogen) atoms. The van der Waals surface area contributed by atoms with Crippen LogP contribution < -0.4 is 10.8 Å². The minimum Gasteiger partial charge on any atom is -0.448 e. The van der Waals surface area contributed by atoms with Crippen LogP contribution in [0.15, 0.2) is 65.5 Å². The molecule has 0 bridgehead atoms. The first-order valence-corrected chi connectivity index (χ1v) is 9.60. The van der Waals surface area contributed by atoms with E-state index >= 15 is 0 Å². The minimum absolute atomic E-state index is 0.0491. The van der Waals surface area contributed by atoms with Crippen molar-refractivity contribution in [1.82, 2.24) is 15.4 Å². The number of hydrogen-bond donors (Lipinski definition) is 2. The fourth-order valence-corrected chi connectivity index (χ4v) is 3.11. The minimum atomic E-state index is -0.620. The number of anilines is 2. The third-order valence-electron chi connectivity index (χ3n) is 4.00. The molecule has 1 amide bonds. The Kier molecular flexibility index (Phi) is 5.67. The molecule has 7 nitrogen and oxygen atoms in total. The number of amides is 1. The highest BCUT2D eigenvalue weighted by atomic mass is 127. The van der Waals surface area contributed by atoms with Crippen LogP contribution in [0.1, 0.15) is 16.2 Å². The van der Waals surface area contributed by atoms with E-state index in [1.54, 1.807) is 42.7 Å². The van der Waals surface area contributed by atoms with E-state index in [-0.39, 0.29) is 18.1 Å². The van der Waals surface area contributed by atoms with Crippen molar-refractivity contribution in [3.8, 4) is 0 Å². The number of pyridine rings is 2. The quantitative estimate of drug-likeness (QED) is 0.296. The number of furan rings is 1. The molecule has 146 valence electrons. The van der Waals surface area contributed by atoms with Gasteiger partial charge in [-0.1, -0.05) is 6.07 Å². The summed E-state index contributed by atoms with van der Waals surface area (Å²) >= 11 is 2.02.